The molecule has 1 heterocycles. The molecular weight excluding hydrogens is 332 g/mol. The topological polar surface area (TPSA) is 85.2 Å². The number of nitrogens with one attached hydrogen (secondary N) is 2. The average molecular weight is 358 g/mol. The molecule has 0 saturated heterocycles. The molecule has 0 bridgehead atoms. The quantitative estimate of drug-likeness (QED) is 0.824. The van der Waals surface area contributed by atoms with Crippen LogP contribution in [0.3, 0.4) is 0 Å². The zero-order valence-corrected chi connectivity index (χ0v) is 15.9. The highest BCUT2D eigenvalue weighted by Crippen LogP contribution is 2.23. The summed E-state index contributed by atoms with van der Waals surface area (Å²) >= 11 is 0. The van der Waals surface area contributed by atoms with Gasteiger partial charge >= 0.3 is 0 Å². The van der Waals surface area contributed by atoms with Gasteiger partial charge < -0.3 is 19.9 Å². The average Bonchev–Trinajstić information content (AvgIpc) is 3.02. The highest BCUT2D eigenvalue weighted by molar-refractivity contribution is 5.87. The summed E-state index contributed by atoms with van der Waals surface area (Å²) in [4.78, 5) is 28.7. The van der Waals surface area contributed by atoms with Crippen LogP contribution in [0.15, 0.2) is 36.7 Å². The van der Waals surface area contributed by atoms with E-state index in [1.807, 2.05) is 42.1 Å². The van der Waals surface area contributed by atoms with E-state index in [4.69, 9.17) is 4.74 Å². The minimum Gasteiger partial charge on any atom is -0.497 e. The van der Waals surface area contributed by atoms with Gasteiger partial charge in [-0.3, -0.25) is 9.59 Å². The number of carbonyl (C=O) groups excluding carboxylic acids is 2. The van der Waals surface area contributed by atoms with Crippen molar-refractivity contribution in [1.29, 1.82) is 0 Å². The van der Waals surface area contributed by atoms with Crippen LogP contribution in [-0.4, -0.2) is 35.0 Å². The van der Waals surface area contributed by atoms with Crippen molar-refractivity contribution in [3.8, 4) is 5.75 Å². The minimum absolute atomic E-state index is 0.0901. The smallest absolute Gasteiger partial charge is 0.240 e. The van der Waals surface area contributed by atoms with Crippen molar-refractivity contribution in [1.82, 2.24) is 20.2 Å². The van der Waals surface area contributed by atoms with Gasteiger partial charge in [0, 0.05) is 24.9 Å². The first-order valence-corrected chi connectivity index (χ1v) is 8.41. The number of amides is 2. The molecule has 0 aliphatic heterocycles. The summed E-state index contributed by atoms with van der Waals surface area (Å²) in [5, 5.41) is 5.60. The molecule has 7 nitrogen and oxygen atoms in total. The van der Waals surface area contributed by atoms with Crippen molar-refractivity contribution in [3.63, 3.8) is 0 Å². The van der Waals surface area contributed by atoms with E-state index in [0.717, 1.165) is 11.3 Å². The lowest BCUT2D eigenvalue weighted by molar-refractivity contribution is -0.131. The van der Waals surface area contributed by atoms with E-state index in [0.29, 0.717) is 5.82 Å². The normalized spacial score (nSPS) is 12.3. The lowest BCUT2D eigenvalue weighted by Gasteiger charge is -2.21. The third-order valence-electron chi connectivity index (χ3n) is 3.96. The van der Waals surface area contributed by atoms with E-state index in [1.165, 1.54) is 0 Å². The highest BCUT2D eigenvalue weighted by atomic mass is 16.5. The van der Waals surface area contributed by atoms with Crippen molar-refractivity contribution < 1.29 is 14.3 Å². The molecule has 0 spiro atoms. The number of imidazole rings is 1. The lowest BCUT2D eigenvalue weighted by Crippen LogP contribution is -2.43. The number of benzene rings is 1. The zero-order valence-electron chi connectivity index (χ0n) is 15.9. The Kier molecular flexibility index (Phi) is 6.02. The molecule has 2 amide bonds. The van der Waals surface area contributed by atoms with Crippen molar-refractivity contribution in [2.75, 3.05) is 13.7 Å². The van der Waals surface area contributed by atoms with Crippen LogP contribution in [0.4, 0.5) is 0 Å². The fourth-order valence-electron chi connectivity index (χ4n) is 2.39. The van der Waals surface area contributed by atoms with Crippen LogP contribution in [0.2, 0.25) is 0 Å². The van der Waals surface area contributed by atoms with E-state index < -0.39 is 11.5 Å². The Morgan fingerprint density at radius 2 is 1.88 bits per heavy atom. The second-order valence-electron chi connectivity index (χ2n) is 7.10. The van der Waals surface area contributed by atoms with Gasteiger partial charge in [-0.2, -0.15) is 0 Å². The lowest BCUT2D eigenvalue weighted by atomic mass is 9.96. The molecule has 0 aliphatic carbocycles. The molecule has 0 fully saturated rings. The number of ether oxygens (including phenoxy) is 1. The fraction of sp³-hybridized carbons (Fsp3) is 0.421. The maximum Gasteiger partial charge on any atom is 0.240 e. The third kappa shape index (κ3) is 4.84. The monoisotopic (exact) mass is 358 g/mol. The molecule has 2 aromatic rings. The van der Waals surface area contributed by atoms with Gasteiger partial charge in [0.05, 0.1) is 13.7 Å². The van der Waals surface area contributed by atoms with Crippen LogP contribution in [-0.2, 0) is 16.6 Å². The Balaban J connectivity index is 2.15. The van der Waals surface area contributed by atoms with Gasteiger partial charge in [-0.15, -0.1) is 0 Å². The predicted octanol–water partition coefficient (Wildman–Crippen LogP) is 1.80. The number of aryl methyl sites for hydroxylation is 1. The van der Waals surface area contributed by atoms with Gasteiger partial charge in [0.15, 0.2) is 0 Å². The van der Waals surface area contributed by atoms with E-state index in [2.05, 4.69) is 15.6 Å². The number of rotatable bonds is 6. The number of aromatic nitrogens is 2. The van der Waals surface area contributed by atoms with E-state index in [1.54, 1.807) is 34.1 Å². The first kappa shape index (κ1) is 19.5. The molecule has 1 aromatic heterocycles. The van der Waals surface area contributed by atoms with Gasteiger partial charge in [-0.05, 0) is 17.7 Å². The van der Waals surface area contributed by atoms with Crippen LogP contribution in [0.5, 0.6) is 5.75 Å². The highest BCUT2D eigenvalue weighted by Gasteiger charge is 2.24. The van der Waals surface area contributed by atoms with Crippen LogP contribution in [0.1, 0.15) is 38.2 Å². The van der Waals surface area contributed by atoms with Crippen molar-refractivity contribution in [3.05, 3.63) is 48.0 Å². The zero-order chi connectivity index (χ0) is 19.3. The van der Waals surface area contributed by atoms with E-state index in [-0.39, 0.29) is 18.4 Å². The SMILES string of the molecule is COc1ccc(C(NC(=O)CNC(=O)C(C)(C)C)c2nccn2C)cc1. The fourth-order valence-corrected chi connectivity index (χ4v) is 2.39. The van der Waals surface area contributed by atoms with E-state index >= 15 is 0 Å². The van der Waals surface area contributed by atoms with Gasteiger partial charge in [-0.25, -0.2) is 4.98 Å². The van der Waals surface area contributed by atoms with Crippen molar-refractivity contribution >= 4 is 11.8 Å². The summed E-state index contributed by atoms with van der Waals surface area (Å²) < 4.78 is 7.04. The molecule has 1 atom stereocenters. The summed E-state index contributed by atoms with van der Waals surface area (Å²) in [7, 11) is 3.47. The Morgan fingerprint density at radius 1 is 1.23 bits per heavy atom. The summed E-state index contributed by atoms with van der Waals surface area (Å²) in [6, 6.07) is 7.00. The standard InChI is InChI=1S/C19H26N4O3/c1-19(2,3)18(25)21-12-15(24)22-16(17-20-10-11-23(17)4)13-6-8-14(26-5)9-7-13/h6-11,16H,12H2,1-5H3,(H,21,25)(H,22,24). The van der Waals surface area contributed by atoms with Gasteiger partial charge in [0.2, 0.25) is 11.8 Å². The molecule has 7 heteroatoms. The van der Waals surface area contributed by atoms with Crippen LogP contribution in [0.25, 0.3) is 0 Å². The Labute approximate surface area is 153 Å². The molecule has 140 valence electrons. The minimum atomic E-state index is -0.546. The summed E-state index contributed by atoms with van der Waals surface area (Å²) in [6.07, 6.45) is 3.50. The molecule has 0 aliphatic rings. The van der Waals surface area contributed by atoms with Gasteiger partial charge in [-0.1, -0.05) is 32.9 Å². The Bertz CT molecular complexity index is 760. The summed E-state index contributed by atoms with van der Waals surface area (Å²) in [5.74, 6) is 0.971. The second-order valence-corrected chi connectivity index (χ2v) is 7.10. The molecule has 1 unspecified atom stereocenters. The Hall–Kier alpha value is -2.83. The number of nitrogens with zero attached hydrogens (tertiary/aromatic N) is 2. The molecule has 26 heavy (non-hydrogen) atoms. The first-order chi connectivity index (χ1) is 12.2. The summed E-state index contributed by atoms with van der Waals surface area (Å²) in [5.41, 5.74) is 0.325. The van der Waals surface area contributed by atoms with Crippen LogP contribution < -0.4 is 15.4 Å². The summed E-state index contributed by atoms with van der Waals surface area (Å²) in [6.45, 7) is 5.31. The first-order valence-electron chi connectivity index (χ1n) is 8.41. The van der Waals surface area contributed by atoms with Crippen molar-refractivity contribution in [2.24, 2.45) is 12.5 Å². The molecule has 2 rings (SSSR count). The van der Waals surface area contributed by atoms with Crippen molar-refractivity contribution in [2.45, 2.75) is 26.8 Å². The van der Waals surface area contributed by atoms with Crippen LogP contribution in [0, 0.1) is 5.41 Å². The molecule has 0 saturated carbocycles. The number of methoxy groups -OCH3 is 1. The largest absolute Gasteiger partial charge is 0.497 e. The maximum atomic E-state index is 12.4. The van der Waals surface area contributed by atoms with Gasteiger partial charge in [0.1, 0.15) is 17.6 Å². The molecule has 2 N–H and O–H groups in total. The third-order valence-corrected chi connectivity index (χ3v) is 3.96. The number of hydrogen-bond acceptors (Lipinski definition) is 4. The maximum absolute atomic E-state index is 12.4. The van der Waals surface area contributed by atoms with Gasteiger partial charge in [0.25, 0.3) is 0 Å². The molecular formula is C19H26N4O3. The predicted molar refractivity (Wildman–Crippen MR) is 98.7 cm³/mol. The number of carbonyl (C=O) groups is 2. The molecule has 1 aromatic carbocycles. The molecule has 0 radical (unpaired) electrons. The van der Waals surface area contributed by atoms with Crippen LogP contribution >= 0.6 is 0 Å². The second kappa shape index (κ2) is 8.03. The number of hydrogen-bond donors (Lipinski definition) is 2. The van der Waals surface area contributed by atoms with E-state index in [9.17, 15) is 9.59 Å². The Morgan fingerprint density at radius 3 is 2.38 bits per heavy atom.